The van der Waals surface area contributed by atoms with Gasteiger partial charge in [-0.3, -0.25) is 0 Å². The minimum absolute atomic E-state index is 0.654. The van der Waals surface area contributed by atoms with Gasteiger partial charge in [-0.15, -0.1) is 11.3 Å². The Morgan fingerprint density at radius 1 is 0.314 bits per heavy atom. The van der Waals surface area contributed by atoms with Gasteiger partial charge in [0.25, 0.3) is 0 Å². The van der Waals surface area contributed by atoms with Crippen LogP contribution in [0.15, 0.2) is 176 Å². The Morgan fingerprint density at radius 2 is 0.824 bits per heavy atom. The minimum atomic E-state index is 0.654. The topological polar surface area (TPSA) is 38.7 Å². The van der Waals surface area contributed by atoms with Crippen LogP contribution in [-0.2, 0) is 0 Å². The van der Waals surface area contributed by atoms with Gasteiger partial charge in [0.05, 0.1) is 0 Å². The molecule has 0 atom stereocenters. The van der Waals surface area contributed by atoms with Crippen molar-refractivity contribution in [2.75, 3.05) is 0 Å². The van der Waals surface area contributed by atoms with Gasteiger partial charge in [0, 0.05) is 36.9 Å². The van der Waals surface area contributed by atoms with Crippen LogP contribution in [-0.4, -0.2) is 15.0 Å². The van der Waals surface area contributed by atoms with E-state index in [1.165, 1.54) is 58.4 Å². The summed E-state index contributed by atoms with van der Waals surface area (Å²) in [6, 6.07) is 62.3. The predicted molar refractivity (Wildman–Crippen MR) is 215 cm³/mol. The molecule has 0 saturated heterocycles. The molecule has 0 saturated carbocycles. The van der Waals surface area contributed by atoms with Gasteiger partial charge in [-0.05, 0) is 68.1 Å². The molecule has 0 bridgehead atoms. The van der Waals surface area contributed by atoms with Gasteiger partial charge in [0.1, 0.15) is 0 Å². The molecule has 2 heterocycles. The number of aromatic nitrogens is 3. The normalized spacial score (nSPS) is 11.5. The van der Waals surface area contributed by atoms with Crippen molar-refractivity contribution < 1.29 is 0 Å². The molecular weight excluding hydrogens is 639 g/mol. The fourth-order valence-electron chi connectivity index (χ4n) is 7.17. The summed E-state index contributed by atoms with van der Waals surface area (Å²) < 4.78 is 2.57. The lowest BCUT2D eigenvalue weighted by atomic mass is 9.95. The smallest absolute Gasteiger partial charge is 0.164 e. The standard InChI is InChI=1S/C47H29N3S/c1-3-11-33(12-4-1)45-48-46(34-13-5-2-6-14-34)50-47(49-45)35-23-20-31(21-24-35)39-16-9-17-43-44(39)41-29-37(26-27-42(41)51-43)36-25-22-32-19-18-30-10-7-8-15-38(30)40(32)28-36/h1-29H. The number of hydrogen-bond acceptors (Lipinski definition) is 4. The van der Waals surface area contributed by atoms with Crippen molar-refractivity contribution >= 4 is 53.1 Å². The highest BCUT2D eigenvalue weighted by Gasteiger charge is 2.15. The first-order chi connectivity index (χ1) is 25.2. The summed E-state index contributed by atoms with van der Waals surface area (Å²) in [5.41, 5.74) is 7.70. The van der Waals surface area contributed by atoms with Gasteiger partial charge in [-0.1, -0.05) is 152 Å². The molecule has 0 amide bonds. The first-order valence-corrected chi connectivity index (χ1v) is 17.9. The monoisotopic (exact) mass is 667 g/mol. The molecule has 51 heavy (non-hydrogen) atoms. The van der Waals surface area contributed by atoms with E-state index in [2.05, 4.69) is 115 Å². The van der Waals surface area contributed by atoms with Crippen LogP contribution >= 0.6 is 11.3 Å². The SMILES string of the molecule is c1ccc(-c2nc(-c3ccccc3)nc(-c3ccc(-c4cccc5sc6ccc(-c7ccc8ccc9ccccc9c8c7)cc6c45)cc3)n2)cc1. The lowest BCUT2D eigenvalue weighted by molar-refractivity contribution is 1.07. The average Bonchev–Trinajstić information content (AvgIpc) is 3.59. The largest absolute Gasteiger partial charge is 0.208 e. The van der Waals surface area contributed by atoms with Crippen LogP contribution in [0.1, 0.15) is 0 Å². The third-order valence-electron chi connectivity index (χ3n) is 9.73. The maximum absolute atomic E-state index is 4.94. The molecule has 0 aliphatic rings. The molecule has 3 nitrogen and oxygen atoms in total. The quantitative estimate of drug-likeness (QED) is 0.171. The molecular formula is C47H29N3S. The Balaban J connectivity index is 1.07. The van der Waals surface area contributed by atoms with Crippen molar-refractivity contribution in [2.24, 2.45) is 0 Å². The van der Waals surface area contributed by atoms with Crippen molar-refractivity contribution in [1.82, 2.24) is 15.0 Å². The van der Waals surface area contributed by atoms with Crippen molar-refractivity contribution in [3.63, 3.8) is 0 Å². The fraction of sp³-hybridized carbons (Fsp3) is 0. The van der Waals surface area contributed by atoms with Crippen molar-refractivity contribution in [3.8, 4) is 56.4 Å². The Hall–Kier alpha value is -6.49. The Bertz CT molecular complexity index is 2840. The fourth-order valence-corrected chi connectivity index (χ4v) is 8.28. The number of rotatable bonds is 5. The summed E-state index contributed by atoms with van der Waals surface area (Å²) in [5.74, 6) is 1.98. The molecule has 238 valence electrons. The van der Waals surface area contributed by atoms with Gasteiger partial charge in [-0.2, -0.15) is 0 Å². The molecule has 2 aromatic heterocycles. The van der Waals surface area contributed by atoms with Crippen LogP contribution in [0.25, 0.3) is 98.1 Å². The number of hydrogen-bond donors (Lipinski definition) is 0. The van der Waals surface area contributed by atoms with E-state index in [1.807, 2.05) is 72.0 Å². The molecule has 8 aromatic carbocycles. The van der Waals surface area contributed by atoms with E-state index in [9.17, 15) is 0 Å². The highest BCUT2D eigenvalue weighted by atomic mass is 32.1. The van der Waals surface area contributed by atoms with Crippen molar-refractivity contribution in [3.05, 3.63) is 176 Å². The Labute approximate surface area is 299 Å². The van der Waals surface area contributed by atoms with Crippen LogP contribution in [0.3, 0.4) is 0 Å². The molecule has 0 aliphatic heterocycles. The van der Waals surface area contributed by atoms with Crippen molar-refractivity contribution in [2.45, 2.75) is 0 Å². The summed E-state index contributed by atoms with van der Waals surface area (Å²) in [5, 5.41) is 7.66. The molecule has 0 unspecified atom stereocenters. The summed E-state index contributed by atoms with van der Waals surface area (Å²) >= 11 is 1.85. The zero-order chi connectivity index (χ0) is 33.7. The third kappa shape index (κ3) is 5.25. The molecule has 0 spiro atoms. The molecule has 0 aliphatic carbocycles. The summed E-state index contributed by atoms with van der Waals surface area (Å²) in [7, 11) is 0. The Morgan fingerprint density at radius 3 is 1.51 bits per heavy atom. The van der Waals surface area contributed by atoms with Gasteiger partial charge in [0.2, 0.25) is 0 Å². The lowest BCUT2D eigenvalue weighted by Gasteiger charge is -2.10. The van der Waals surface area contributed by atoms with E-state index >= 15 is 0 Å². The molecule has 4 heteroatoms. The second-order valence-corrected chi connectivity index (χ2v) is 13.9. The average molecular weight is 668 g/mol. The van der Waals surface area contributed by atoms with Gasteiger partial charge < -0.3 is 0 Å². The van der Waals surface area contributed by atoms with E-state index in [-0.39, 0.29) is 0 Å². The number of fused-ring (bicyclic) bond motifs is 6. The number of benzene rings is 8. The molecule has 10 rings (SSSR count). The van der Waals surface area contributed by atoms with E-state index < -0.39 is 0 Å². The zero-order valence-electron chi connectivity index (χ0n) is 27.5. The van der Waals surface area contributed by atoms with Crippen LogP contribution in [0.4, 0.5) is 0 Å². The predicted octanol–water partition coefficient (Wildman–Crippen LogP) is 12.9. The van der Waals surface area contributed by atoms with E-state index in [0.717, 1.165) is 22.3 Å². The highest BCUT2D eigenvalue weighted by Crippen LogP contribution is 2.42. The van der Waals surface area contributed by atoms with E-state index in [4.69, 9.17) is 15.0 Å². The van der Waals surface area contributed by atoms with Crippen LogP contribution < -0.4 is 0 Å². The van der Waals surface area contributed by atoms with Crippen molar-refractivity contribution in [1.29, 1.82) is 0 Å². The number of nitrogens with zero attached hydrogens (tertiary/aromatic N) is 3. The van der Waals surface area contributed by atoms with Gasteiger partial charge in [-0.25, -0.2) is 15.0 Å². The number of thiophene rings is 1. The minimum Gasteiger partial charge on any atom is -0.208 e. The molecule has 0 radical (unpaired) electrons. The first kappa shape index (κ1) is 29.4. The maximum Gasteiger partial charge on any atom is 0.164 e. The summed E-state index contributed by atoms with van der Waals surface area (Å²) in [4.78, 5) is 14.7. The van der Waals surface area contributed by atoms with E-state index in [1.54, 1.807) is 0 Å². The summed E-state index contributed by atoms with van der Waals surface area (Å²) in [6.07, 6.45) is 0. The zero-order valence-corrected chi connectivity index (χ0v) is 28.3. The van der Waals surface area contributed by atoms with Crippen LogP contribution in [0, 0.1) is 0 Å². The van der Waals surface area contributed by atoms with Crippen LogP contribution in [0.2, 0.25) is 0 Å². The molecule has 10 aromatic rings. The maximum atomic E-state index is 4.94. The summed E-state index contributed by atoms with van der Waals surface area (Å²) in [6.45, 7) is 0. The third-order valence-corrected chi connectivity index (χ3v) is 10.9. The molecule has 0 fully saturated rings. The van der Waals surface area contributed by atoms with E-state index in [0.29, 0.717) is 17.5 Å². The van der Waals surface area contributed by atoms with Gasteiger partial charge in [0.15, 0.2) is 17.5 Å². The highest BCUT2D eigenvalue weighted by molar-refractivity contribution is 7.26. The first-order valence-electron chi connectivity index (χ1n) is 17.1. The lowest BCUT2D eigenvalue weighted by Crippen LogP contribution is -2.00. The Kier molecular flexibility index (Phi) is 7.00. The second kappa shape index (κ2) is 12.1. The van der Waals surface area contributed by atoms with Crippen LogP contribution in [0.5, 0.6) is 0 Å². The van der Waals surface area contributed by atoms with Gasteiger partial charge >= 0.3 is 0 Å². The second-order valence-electron chi connectivity index (χ2n) is 12.8. The molecule has 0 N–H and O–H groups in total.